The number of nitrogens with zero attached hydrogens (tertiary/aromatic N) is 2. The fourth-order valence-corrected chi connectivity index (χ4v) is 2.92. The number of nitrogens with one attached hydrogen (secondary N) is 1. The number of halogens is 2. The predicted molar refractivity (Wildman–Crippen MR) is 81.2 cm³/mol. The van der Waals surface area contributed by atoms with E-state index < -0.39 is 22.4 Å². The van der Waals surface area contributed by atoms with E-state index in [1.165, 1.54) is 37.4 Å². The summed E-state index contributed by atoms with van der Waals surface area (Å²) in [6.07, 6.45) is 1.38. The van der Waals surface area contributed by atoms with Crippen LogP contribution in [0.2, 0.25) is 0 Å². The van der Waals surface area contributed by atoms with Crippen molar-refractivity contribution >= 4 is 9.84 Å². The molecule has 130 valence electrons. The fourth-order valence-electron chi connectivity index (χ4n) is 1.86. The van der Waals surface area contributed by atoms with Crippen LogP contribution in [-0.2, 0) is 9.84 Å². The Morgan fingerprint density at radius 3 is 2.62 bits per heavy atom. The van der Waals surface area contributed by atoms with Gasteiger partial charge >= 0.3 is 5.88 Å². The molecule has 0 unspecified atom stereocenters. The van der Waals surface area contributed by atoms with Gasteiger partial charge in [0.15, 0.2) is 16.4 Å². The first kappa shape index (κ1) is 18.0. The molecule has 0 saturated carbocycles. The van der Waals surface area contributed by atoms with Crippen LogP contribution in [0.25, 0.3) is 11.4 Å². The first-order chi connectivity index (χ1) is 11.1. The highest BCUT2D eigenvalue weighted by Crippen LogP contribution is 2.24. The lowest BCUT2D eigenvalue weighted by atomic mass is 10.2. The largest absolute Gasteiger partial charge is 0.450 e. The van der Waals surface area contributed by atoms with E-state index in [4.69, 9.17) is 4.74 Å². The Morgan fingerprint density at radius 1 is 1.33 bits per heavy atom. The minimum Gasteiger partial charge on any atom is -0.433 e. The van der Waals surface area contributed by atoms with Crippen molar-refractivity contribution in [3.05, 3.63) is 35.4 Å². The maximum Gasteiger partial charge on any atom is 0.450 e. The Labute approximate surface area is 136 Å². The Balaban J connectivity index is 2.42. The molecule has 2 heterocycles. The van der Waals surface area contributed by atoms with Crippen LogP contribution in [-0.4, -0.2) is 36.8 Å². The number of ether oxygens (including phenoxy) is 1. The zero-order valence-electron chi connectivity index (χ0n) is 13.0. The molecule has 0 spiro atoms. The normalized spacial score (nSPS) is 12.2. The van der Waals surface area contributed by atoms with Gasteiger partial charge in [-0.15, -0.1) is 5.10 Å². The molecule has 0 aliphatic heterocycles. The lowest BCUT2D eigenvalue weighted by Crippen LogP contribution is -2.28. The van der Waals surface area contributed by atoms with E-state index >= 15 is 0 Å². The summed E-state index contributed by atoms with van der Waals surface area (Å²) < 4.78 is 54.7. The van der Waals surface area contributed by atoms with E-state index in [-0.39, 0.29) is 32.5 Å². The van der Waals surface area contributed by atoms with Gasteiger partial charge in [-0.2, -0.15) is 0 Å². The van der Waals surface area contributed by atoms with Crippen molar-refractivity contribution in [1.29, 1.82) is 0 Å². The van der Waals surface area contributed by atoms with E-state index in [2.05, 4.69) is 10.1 Å². The monoisotopic (exact) mass is 360 g/mol. The van der Waals surface area contributed by atoms with Crippen LogP contribution in [0, 0.1) is 4.91 Å². The third-order valence-electron chi connectivity index (χ3n) is 3.03. The first-order valence-electron chi connectivity index (χ1n) is 6.99. The fraction of sp³-hybridized carbons (Fsp3) is 0.357. The molecule has 0 aliphatic carbocycles. The standard InChI is InChI=1S/C14H16F2N3O4S/c1-3-24(21,22)11-5-4-8-17-13(11)10-6-7-12(19(20)18-10)23-9-14(2,15)16/h4-8H,3,9H2,1-2H3,(H,18,20)/q+1. The van der Waals surface area contributed by atoms with Crippen molar-refractivity contribution in [2.24, 2.45) is 0 Å². The third kappa shape index (κ3) is 4.13. The van der Waals surface area contributed by atoms with Crippen LogP contribution in [0.5, 0.6) is 5.88 Å². The number of alkyl halides is 2. The quantitative estimate of drug-likeness (QED) is 0.793. The van der Waals surface area contributed by atoms with Gasteiger partial charge in [-0.25, -0.2) is 17.2 Å². The minimum atomic E-state index is -3.55. The number of hydrogen-bond donors (Lipinski definition) is 1. The second kappa shape index (κ2) is 6.63. The van der Waals surface area contributed by atoms with Crippen LogP contribution >= 0.6 is 0 Å². The molecule has 2 aromatic heterocycles. The van der Waals surface area contributed by atoms with Crippen molar-refractivity contribution in [3.63, 3.8) is 0 Å². The molecule has 0 aromatic carbocycles. The first-order valence-corrected chi connectivity index (χ1v) is 8.64. The summed E-state index contributed by atoms with van der Waals surface area (Å²) in [6, 6.07) is 5.36. The van der Waals surface area contributed by atoms with Crippen LogP contribution < -0.4 is 9.28 Å². The topological polar surface area (TPSA) is 95.0 Å². The molecule has 0 bridgehead atoms. The zero-order chi connectivity index (χ0) is 18.0. The number of pyridine rings is 1. The molecule has 2 rings (SSSR count). The number of aromatic amines is 1. The van der Waals surface area contributed by atoms with Crippen molar-refractivity contribution in [2.75, 3.05) is 12.4 Å². The van der Waals surface area contributed by atoms with Gasteiger partial charge in [0.25, 0.3) is 5.92 Å². The molecular formula is C14H16F2N3O4S+. The van der Waals surface area contributed by atoms with E-state index in [9.17, 15) is 22.1 Å². The van der Waals surface area contributed by atoms with Gasteiger partial charge in [-0.1, -0.05) is 6.92 Å². The van der Waals surface area contributed by atoms with E-state index in [1.54, 1.807) is 0 Å². The Morgan fingerprint density at radius 2 is 2.04 bits per heavy atom. The molecular weight excluding hydrogens is 344 g/mol. The van der Waals surface area contributed by atoms with Crippen molar-refractivity contribution in [1.82, 2.24) is 10.1 Å². The molecule has 1 N–H and O–H groups in total. The van der Waals surface area contributed by atoms with Crippen LogP contribution in [0.4, 0.5) is 8.78 Å². The lowest BCUT2D eigenvalue weighted by Gasteiger charge is -2.08. The number of aromatic nitrogens is 3. The summed E-state index contributed by atoms with van der Waals surface area (Å²) in [7, 11) is -3.55. The summed E-state index contributed by atoms with van der Waals surface area (Å²) in [5.74, 6) is -3.58. The summed E-state index contributed by atoms with van der Waals surface area (Å²) in [5.41, 5.74) is 0.185. The maximum atomic E-state index is 12.8. The van der Waals surface area contributed by atoms with Gasteiger partial charge < -0.3 is 4.74 Å². The minimum absolute atomic E-state index is 0.0301. The van der Waals surface area contributed by atoms with Gasteiger partial charge in [0.1, 0.15) is 11.4 Å². The number of H-pyrrole nitrogens is 1. The molecule has 0 aliphatic rings. The number of hydrogen-bond acceptors (Lipinski definition) is 5. The van der Waals surface area contributed by atoms with Crippen molar-refractivity contribution in [2.45, 2.75) is 24.7 Å². The molecule has 0 fully saturated rings. The molecule has 0 saturated heterocycles. The molecule has 0 atom stereocenters. The lowest BCUT2D eigenvalue weighted by molar-refractivity contribution is -0.572. The third-order valence-corrected chi connectivity index (χ3v) is 4.79. The molecule has 10 heteroatoms. The highest BCUT2D eigenvalue weighted by Gasteiger charge is 2.26. The van der Waals surface area contributed by atoms with Crippen LogP contribution in [0.3, 0.4) is 0 Å². The van der Waals surface area contributed by atoms with Crippen molar-refractivity contribution < 1.29 is 26.5 Å². The Bertz CT molecular complexity index is 891. The van der Waals surface area contributed by atoms with Crippen molar-refractivity contribution in [3.8, 4) is 17.3 Å². The molecule has 7 nitrogen and oxygen atoms in total. The predicted octanol–water partition coefficient (Wildman–Crippen LogP) is 1.82. The van der Waals surface area contributed by atoms with Gasteiger partial charge in [0.2, 0.25) is 4.54 Å². The van der Waals surface area contributed by atoms with Gasteiger partial charge in [-0.05, 0) is 18.2 Å². The van der Waals surface area contributed by atoms with E-state index in [0.717, 1.165) is 0 Å². The Kier molecular flexibility index (Phi) is 4.97. The van der Waals surface area contributed by atoms with Gasteiger partial charge in [-0.3, -0.25) is 4.98 Å². The molecule has 0 amide bonds. The van der Waals surface area contributed by atoms with E-state index in [1.807, 2.05) is 0 Å². The second-order valence-corrected chi connectivity index (χ2v) is 7.35. The Hall–Kier alpha value is -2.36. The van der Waals surface area contributed by atoms with Crippen LogP contribution in [0.15, 0.2) is 35.4 Å². The van der Waals surface area contributed by atoms with E-state index in [0.29, 0.717) is 6.92 Å². The highest BCUT2D eigenvalue weighted by atomic mass is 32.2. The molecule has 24 heavy (non-hydrogen) atoms. The SMILES string of the molecule is CCS(=O)(=O)c1cccnc1-c1ccc(OCC(C)(F)F)[n+](=O)[nH]1. The smallest absolute Gasteiger partial charge is 0.433 e. The number of rotatable bonds is 6. The number of sulfone groups is 1. The van der Waals surface area contributed by atoms with Gasteiger partial charge in [0, 0.05) is 13.1 Å². The highest BCUT2D eigenvalue weighted by molar-refractivity contribution is 7.91. The zero-order valence-corrected chi connectivity index (χ0v) is 13.8. The summed E-state index contributed by atoms with van der Waals surface area (Å²) in [4.78, 5) is 15.8. The van der Waals surface area contributed by atoms with Crippen LogP contribution in [0.1, 0.15) is 13.8 Å². The average Bonchev–Trinajstić information content (AvgIpc) is 2.53. The maximum absolute atomic E-state index is 12.8. The van der Waals surface area contributed by atoms with Gasteiger partial charge in [0.05, 0.1) is 21.6 Å². The second-order valence-electron chi connectivity index (χ2n) is 5.10. The average molecular weight is 360 g/mol. The molecule has 2 aromatic rings. The molecule has 0 radical (unpaired) electrons. The summed E-state index contributed by atoms with van der Waals surface area (Å²) in [5, 5.41) is 2.33. The summed E-state index contributed by atoms with van der Waals surface area (Å²) >= 11 is 0. The summed E-state index contributed by atoms with van der Waals surface area (Å²) in [6.45, 7) is 1.20.